The van der Waals surface area contributed by atoms with Gasteiger partial charge in [-0.05, 0) is 36.6 Å². The lowest BCUT2D eigenvalue weighted by Crippen LogP contribution is -2.21. The lowest BCUT2D eigenvalue weighted by atomic mass is 9.92. The van der Waals surface area contributed by atoms with E-state index >= 15 is 0 Å². The highest BCUT2D eigenvalue weighted by molar-refractivity contribution is 5.71. The molecule has 2 nitrogen and oxygen atoms in total. The van der Waals surface area contributed by atoms with Gasteiger partial charge in [0.05, 0.1) is 5.92 Å². The Morgan fingerprint density at radius 1 is 0.905 bits per heavy atom. The van der Waals surface area contributed by atoms with Crippen molar-refractivity contribution in [3.05, 3.63) is 71.0 Å². The van der Waals surface area contributed by atoms with Crippen LogP contribution in [0.2, 0.25) is 0 Å². The van der Waals surface area contributed by atoms with Crippen molar-refractivity contribution in [2.24, 2.45) is 5.92 Å². The third kappa shape index (κ3) is 3.62. The first-order valence-corrected chi connectivity index (χ1v) is 6.38. The summed E-state index contributed by atoms with van der Waals surface area (Å²) < 4.78 is 40.7. The minimum Gasteiger partial charge on any atom is -0.481 e. The Morgan fingerprint density at radius 2 is 1.48 bits per heavy atom. The Labute approximate surface area is 119 Å². The Hall–Kier alpha value is -2.30. The maximum absolute atomic E-state index is 13.6. The summed E-state index contributed by atoms with van der Waals surface area (Å²) in [7, 11) is 0. The summed E-state index contributed by atoms with van der Waals surface area (Å²) in [6, 6.07) is 9.11. The summed E-state index contributed by atoms with van der Waals surface area (Å²) in [5, 5.41) is 9.20. The molecule has 2 rings (SSSR count). The average Bonchev–Trinajstić information content (AvgIpc) is 2.43. The van der Waals surface area contributed by atoms with Crippen molar-refractivity contribution in [3.63, 3.8) is 0 Å². The van der Waals surface area contributed by atoms with Crippen LogP contribution in [0.25, 0.3) is 0 Å². The molecule has 0 radical (unpaired) electrons. The molecule has 0 spiro atoms. The molecule has 0 aromatic heterocycles. The van der Waals surface area contributed by atoms with Gasteiger partial charge in [0.25, 0.3) is 0 Å². The fraction of sp³-hybridized carbons (Fsp3) is 0.188. The summed E-state index contributed by atoms with van der Waals surface area (Å²) in [6.45, 7) is 0. The molecule has 2 aromatic carbocycles. The number of rotatable bonds is 5. The van der Waals surface area contributed by atoms with E-state index in [0.717, 1.165) is 12.1 Å². The monoisotopic (exact) mass is 294 g/mol. The van der Waals surface area contributed by atoms with E-state index in [0.29, 0.717) is 0 Å². The van der Waals surface area contributed by atoms with Crippen LogP contribution in [0.15, 0.2) is 42.5 Å². The highest BCUT2D eigenvalue weighted by Gasteiger charge is 2.23. The summed E-state index contributed by atoms with van der Waals surface area (Å²) in [5.74, 6) is -4.45. The number of halogens is 3. The fourth-order valence-corrected chi connectivity index (χ4v) is 2.15. The summed E-state index contributed by atoms with van der Waals surface area (Å²) in [4.78, 5) is 11.3. The molecule has 0 aliphatic rings. The topological polar surface area (TPSA) is 37.3 Å². The second kappa shape index (κ2) is 6.43. The molecule has 0 saturated carbocycles. The zero-order chi connectivity index (χ0) is 15.4. The molecule has 0 amide bonds. The van der Waals surface area contributed by atoms with E-state index in [4.69, 9.17) is 0 Å². The van der Waals surface area contributed by atoms with Gasteiger partial charge in [0.2, 0.25) is 0 Å². The number of carbonyl (C=O) groups is 1. The molecule has 1 N–H and O–H groups in total. The number of carboxylic acid groups (broad SMARTS) is 1. The highest BCUT2D eigenvalue weighted by Crippen LogP contribution is 2.21. The fourth-order valence-electron chi connectivity index (χ4n) is 2.15. The smallest absolute Gasteiger partial charge is 0.307 e. The second-order valence-corrected chi connectivity index (χ2v) is 4.74. The zero-order valence-electron chi connectivity index (χ0n) is 11.0. The summed E-state index contributed by atoms with van der Waals surface area (Å²) in [6.07, 6.45) is -0.460. The van der Waals surface area contributed by atoms with Crippen LogP contribution in [0.1, 0.15) is 11.1 Å². The minimum atomic E-state index is -1.22. The number of hydrogen-bond acceptors (Lipinski definition) is 1. The van der Waals surface area contributed by atoms with E-state index in [9.17, 15) is 23.1 Å². The lowest BCUT2D eigenvalue weighted by molar-refractivity contribution is -0.141. The van der Waals surface area contributed by atoms with Crippen molar-refractivity contribution >= 4 is 5.97 Å². The predicted octanol–water partition coefficient (Wildman–Crippen LogP) is 3.59. The molecule has 5 heteroatoms. The Kier molecular flexibility index (Phi) is 4.62. The van der Waals surface area contributed by atoms with Gasteiger partial charge in [-0.1, -0.05) is 24.3 Å². The van der Waals surface area contributed by atoms with Crippen LogP contribution in [-0.2, 0) is 17.6 Å². The van der Waals surface area contributed by atoms with Crippen LogP contribution >= 0.6 is 0 Å². The maximum atomic E-state index is 13.6. The van der Waals surface area contributed by atoms with Crippen molar-refractivity contribution in [2.75, 3.05) is 0 Å². The SMILES string of the molecule is O=C(O)C(Cc1ccccc1F)Cc1c(F)cccc1F. The van der Waals surface area contributed by atoms with E-state index in [1.54, 1.807) is 6.07 Å². The van der Waals surface area contributed by atoms with Crippen LogP contribution in [0.5, 0.6) is 0 Å². The van der Waals surface area contributed by atoms with E-state index in [1.807, 2.05) is 0 Å². The standard InChI is InChI=1S/C16H13F3O2/c17-13-5-2-1-4-10(13)8-11(16(20)21)9-12-14(18)6-3-7-15(12)19/h1-7,11H,8-9H2,(H,20,21). The van der Waals surface area contributed by atoms with Gasteiger partial charge in [-0.2, -0.15) is 0 Å². The quantitative estimate of drug-likeness (QED) is 0.915. The first kappa shape index (κ1) is 15.1. The largest absolute Gasteiger partial charge is 0.481 e. The van der Waals surface area contributed by atoms with E-state index < -0.39 is 29.3 Å². The number of benzene rings is 2. The van der Waals surface area contributed by atoms with Crippen molar-refractivity contribution < 1.29 is 23.1 Å². The Bertz CT molecular complexity index is 635. The van der Waals surface area contributed by atoms with Crippen LogP contribution in [0.3, 0.4) is 0 Å². The van der Waals surface area contributed by atoms with Gasteiger partial charge in [-0.25, -0.2) is 13.2 Å². The zero-order valence-corrected chi connectivity index (χ0v) is 11.0. The number of hydrogen-bond donors (Lipinski definition) is 1. The molecule has 21 heavy (non-hydrogen) atoms. The first-order chi connectivity index (χ1) is 9.99. The van der Waals surface area contributed by atoms with Crippen LogP contribution < -0.4 is 0 Å². The first-order valence-electron chi connectivity index (χ1n) is 6.38. The third-order valence-electron chi connectivity index (χ3n) is 3.29. The molecule has 0 heterocycles. The van der Waals surface area contributed by atoms with Crippen molar-refractivity contribution in [2.45, 2.75) is 12.8 Å². The van der Waals surface area contributed by atoms with Gasteiger partial charge in [0, 0.05) is 5.56 Å². The molecular formula is C16H13F3O2. The highest BCUT2D eigenvalue weighted by atomic mass is 19.1. The van der Waals surface area contributed by atoms with Crippen LogP contribution in [-0.4, -0.2) is 11.1 Å². The summed E-state index contributed by atoms with van der Waals surface area (Å²) >= 11 is 0. The second-order valence-electron chi connectivity index (χ2n) is 4.74. The van der Waals surface area contributed by atoms with Gasteiger partial charge in [0.15, 0.2) is 0 Å². The van der Waals surface area contributed by atoms with Crippen LogP contribution in [0, 0.1) is 23.4 Å². The van der Waals surface area contributed by atoms with E-state index in [2.05, 4.69) is 0 Å². The molecule has 110 valence electrons. The van der Waals surface area contributed by atoms with Gasteiger partial charge in [0.1, 0.15) is 17.5 Å². The van der Waals surface area contributed by atoms with Gasteiger partial charge in [-0.3, -0.25) is 4.79 Å². The lowest BCUT2D eigenvalue weighted by Gasteiger charge is -2.14. The van der Waals surface area contributed by atoms with E-state index in [-0.39, 0.29) is 24.0 Å². The maximum Gasteiger partial charge on any atom is 0.307 e. The molecule has 0 fully saturated rings. The van der Waals surface area contributed by atoms with Crippen molar-refractivity contribution in [1.29, 1.82) is 0 Å². The molecule has 1 unspecified atom stereocenters. The minimum absolute atomic E-state index is 0.129. The third-order valence-corrected chi connectivity index (χ3v) is 3.29. The molecule has 1 atom stereocenters. The Morgan fingerprint density at radius 3 is 2.05 bits per heavy atom. The van der Waals surface area contributed by atoms with Gasteiger partial charge >= 0.3 is 5.97 Å². The predicted molar refractivity (Wildman–Crippen MR) is 71.3 cm³/mol. The van der Waals surface area contributed by atoms with Crippen molar-refractivity contribution in [3.8, 4) is 0 Å². The number of aliphatic carboxylic acids is 1. The van der Waals surface area contributed by atoms with Gasteiger partial charge < -0.3 is 5.11 Å². The molecule has 0 saturated heterocycles. The van der Waals surface area contributed by atoms with E-state index in [1.165, 1.54) is 24.3 Å². The molecular weight excluding hydrogens is 281 g/mol. The molecule has 2 aromatic rings. The van der Waals surface area contributed by atoms with Crippen LogP contribution in [0.4, 0.5) is 13.2 Å². The number of carboxylic acids is 1. The Balaban J connectivity index is 2.25. The molecule has 0 aliphatic carbocycles. The summed E-state index contributed by atoms with van der Waals surface area (Å²) in [5.41, 5.74) is -0.0807. The van der Waals surface area contributed by atoms with Gasteiger partial charge in [-0.15, -0.1) is 0 Å². The average molecular weight is 294 g/mol. The normalized spacial score (nSPS) is 12.1. The molecule has 0 bridgehead atoms. The van der Waals surface area contributed by atoms with Crippen molar-refractivity contribution in [1.82, 2.24) is 0 Å². The molecule has 0 aliphatic heterocycles.